The van der Waals surface area contributed by atoms with Gasteiger partial charge in [0.05, 0.1) is 17.0 Å². The Morgan fingerprint density at radius 1 is 1.04 bits per heavy atom. The van der Waals surface area contributed by atoms with Crippen molar-refractivity contribution in [1.82, 2.24) is 19.5 Å². The van der Waals surface area contributed by atoms with Crippen LogP contribution in [0.1, 0.15) is 31.7 Å². The number of benzene rings is 1. The molecule has 0 radical (unpaired) electrons. The van der Waals surface area contributed by atoms with E-state index in [1.807, 2.05) is 6.33 Å². The van der Waals surface area contributed by atoms with E-state index in [0.717, 1.165) is 18.5 Å². The number of halogens is 3. The van der Waals surface area contributed by atoms with Crippen LogP contribution in [-0.4, -0.2) is 19.5 Å². The molecule has 2 aromatic heterocycles. The van der Waals surface area contributed by atoms with Crippen LogP contribution >= 0.6 is 34.8 Å². The molecule has 1 aliphatic rings. The second kappa shape index (κ2) is 6.86. The highest BCUT2D eigenvalue weighted by Gasteiger charge is 2.21. The highest BCUT2D eigenvalue weighted by molar-refractivity contribution is 6.36. The third kappa shape index (κ3) is 3.34. The van der Waals surface area contributed by atoms with Crippen molar-refractivity contribution in [3.05, 3.63) is 39.9 Å². The minimum atomic E-state index is 0.166. The molecule has 6 nitrogen and oxygen atoms in total. The molecule has 9 heteroatoms. The van der Waals surface area contributed by atoms with E-state index in [-0.39, 0.29) is 5.28 Å². The van der Waals surface area contributed by atoms with Gasteiger partial charge >= 0.3 is 0 Å². The minimum absolute atomic E-state index is 0.166. The van der Waals surface area contributed by atoms with Gasteiger partial charge in [0.25, 0.3) is 0 Å². The van der Waals surface area contributed by atoms with Gasteiger partial charge in [-0.1, -0.05) is 36.0 Å². The van der Waals surface area contributed by atoms with Gasteiger partial charge in [0.15, 0.2) is 17.0 Å². The maximum Gasteiger partial charge on any atom is 0.226 e. The zero-order valence-corrected chi connectivity index (χ0v) is 15.4. The molecule has 3 aromatic rings. The second-order valence-corrected chi connectivity index (χ2v) is 7.16. The number of nitrogens with zero attached hydrogens (tertiary/aromatic N) is 4. The molecule has 1 aromatic carbocycles. The lowest BCUT2D eigenvalue weighted by atomic mass is 10.2. The molecule has 130 valence electrons. The number of fused-ring (bicyclic) bond motifs is 1. The lowest BCUT2D eigenvalue weighted by Crippen LogP contribution is -2.12. The number of rotatable bonds is 4. The maximum atomic E-state index is 6.17. The normalized spacial score (nSPS) is 15.0. The summed E-state index contributed by atoms with van der Waals surface area (Å²) in [5.41, 5.74) is 8.10. The third-order valence-corrected chi connectivity index (χ3v) is 5.08. The van der Waals surface area contributed by atoms with E-state index in [1.54, 1.807) is 18.2 Å². The van der Waals surface area contributed by atoms with Crippen molar-refractivity contribution in [1.29, 1.82) is 0 Å². The Kier molecular flexibility index (Phi) is 4.58. The van der Waals surface area contributed by atoms with Crippen LogP contribution in [0.15, 0.2) is 24.5 Å². The van der Waals surface area contributed by atoms with Gasteiger partial charge < -0.3 is 4.57 Å². The van der Waals surface area contributed by atoms with Crippen LogP contribution in [0.2, 0.25) is 15.3 Å². The van der Waals surface area contributed by atoms with Crippen molar-refractivity contribution in [2.45, 2.75) is 31.7 Å². The summed E-state index contributed by atoms with van der Waals surface area (Å²) in [5.74, 6) is 0.498. The van der Waals surface area contributed by atoms with E-state index in [9.17, 15) is 0 Å². The molecule has 0 bridgehead atoms. The summed E-state index contributed by atoms with van der Waals surface area (Å²) in [6.45, 7) is 0. The predicted molar refractivity (Wildman–Crippen MR) is 102 cm³/mol. The first-order chi connectivity index (χ1) is 12.1. The van der Waals surface area contributed by atoms with Crippen molar-refractivity contribution in [3.63, 3.8) is 0 Å². The Hall–Kier alpha value is -1.76. The quantitative estimate of drug-likeness (QED) is 0.459. The SMILES string of the molecule is Clc1ccc(NNc2nc(Cl)nc3c2ncn3C2CCCC2)c(Cl)c1. The van der Waals surface area contributed by atoms with E-state index in [2.05, 4.69) is 30.4 Å². The lowest BCUT2D eigenvalue weighted by Gasteiger charge is -2.13. The fourth-order valence-corrected chi connectivity index (χ4v) is 3.76. The van der Waals surface area contributed by atoms with Crippen LogP contribution in [0.5, 0.6) is 0 Å². The van der Waals surface area contributed by atoms with Crippen LogP contribution in [-0.2, 0) is 0 Å². The second-order valence-electron chi connectivity index (χ2n) is 5.98. The highest BCUT2D eigenvalue weighted by Crippen LogP contribution is 2.33. The van der Waals surface area contributed by atoms with Gasteiger partial charge in [0, 0.05) is 11.1 Å². The van der Waals surface area contributed by atoms with Gasteiger partial charge in [-0.3, -0.25) is 10.9 Å². The number of anilines is 2. The lowest BCUT2D eigenvalue weighted by molar-refractivity contribution is 0.529. The van der Waals surface area contributed by atoms with E-state index in [1.165, 1.54) is 12.8 Å². The molecule has 25 heavy (non-hydrogen) atoms. The number of hydrogen-bond acceptors (Lipinski definition) is 5. The fraction of sp³-hybridized carbons (Fsp3) is 0.312. The summed E-state index contributed by atoms with van der Waals surface area (Å²) in [4.78, 5) is 13.1. The molecule has 0 amide bonds. The summed E-state index contributed by atoms with van der Waals surface area (Å²) in [6.07, 6.45) is 6.53. The first-order valence-electron chi connectivity index (χ1n) is 7.99. The summed E-state index contributed by atoms with van der Waals surface area (Å²) in [6, 6.07) is 5.59. The molecule has 0 spiro atoms. The fourth-order valence-electron chi connectivity index (χ4n) is 3.14. The molecule has 0 saturated heterocycles. The Labute approximate surface area is 159 Å². The van der Waals surface area contributed by atoms with Gasteiger partial charge in [-0.15, -0.1) is 0 Å². The third-order valence-electron chi connectivity index (χ3n) is 4.36. The molecule has 1 fully saturated rings. The standard InChI is InChI=1S/C16H15Cl3N6/c17-9-5-6-12(11(18)7-9)23-24-14-13-15(22-16(19)21-14)25(8-20-13)10-3-1-2-4-10/h5-8,10,23H,1-4H2,(H,21,22,24). The van der Waals surface area contributed by atoms with Crippen molar-refractivity contribution in [2.75, 3.05) is 10.9 Å². The monoisotopic (exact) mass is 396 g/mol. The molecule has 1 saturated carbocycles. The molecular weight excluding hydrogens is 383 g/mol. The summed E-state index contributed by atoms with van der Waals surface area (Å²) >= 11 is 18.2. The largest absolute Gasteiger partial charge is 0.312 e. The zero-order chi connectivity index (χ0) is 17.4. The van der Waals surface area contributed by atoms with Crippen LogP contribution in [0, 0.1) is 0 Å². The van der Waals surface area contributed by atoms with Gasteiger partial charge in [-0.05, 0) is 42.6 Å². The summed E-state index contributed by atoms with van der Waals surface area (Å²) in [7, 11) is 0. The molecule has 0 aliphatic heterocycles. The molecule has 0 atom stereocenters. The van der Waals surface area contributed by atoms with E-state index < -0.39 is 0 Å². The van der Waals surface area contributed by atoms with Crippen molar-refractivity contribution >= 4 is 57.5 Å². The molecule has 2 N–H and O–H groups in total. The van der Waals surface area contributed by atoms with Crippen LogP contribution < -0.4 is 10.9 Å². The predicted octanol–water partition coefficient (Wildman–Crippen LogP) is 5.34. The van der Waals surface area contributed by atoms with Gasteiger partial charge in [-0.25, -0.2) is 4.98 Å². The smallest absolute Gasteiger partial charge is 0.226 e. The van der Waals surface area contributed by atoms with Crippen molar-refractivity contribution in [3.8, 4) is 0 Å². The van der Waals surface area contributed by atoms with Crippen LogP contribution in [0.25, 0.3) is 11.2 Å². The van der Waals surface area contributed by atoms with Crippen LogP contribution in [0.4, 0.5) is 11.5 Å². The Morgan fingerprint density at radius 2 is 1.84 bits per heavy atom. The maximum absolute atomic E-state index is 6.17. The molecule has 1 aliphatic carbocycles. The molecule has 4 rings (SSSR count). The van der Waals surface area contributed by atoms with Gasteiger partial charge in [-0.2, -0.15) is 9.97 Å². The van der Waals surface area contributed by atoms with Crippen LogP contribution in [0.3, 0.4) is 0 Å². The number of nitrogens with one attached hydrogen (secondary N) is 2. The molecule has 0 unspecified atom stereocenters. The average molecular weight is 398 g/mol. The van der Waals surface area contributed by atoms with Gasteiger partial charge in [0.1, 0.15) is 0 Å². The summed E-state index contributed by atoms with van der Waals surface area (Å²) < 4.78 is 2.09. The summed E-state index contributed by atoms with van der Waals surface area (Å²) in [5, 5.41) is 1.23. The van der Waals surface area contributed by atoms with Gasteiger partial charge in [0.2, 0.25) is 5.28 Å². The molecule has 2 heterocycles. The topological polar surface area (TPSA) is 67.7 Å². The Morgan fingerprint density at radius 3 is 2.60 bits per heavy atom. The number of hydrazine groups is 1. The Bertz CT molecular complexity index is 920. The Balaban J connectivity index is 1.65. The zero-order valence-electron chi connectivity index (χ0n) is 13.1. The van der Waals surface area contributed by atoms with E-state index >= 15 is 0 Å². The molecular formula is C16H15Cl3N6. The van der Waals surface area contributed by atoms with Crippen molar-refractivity contribution < 1.29 is 0 Å². The van der Waals surface area contributed by atoms with E-state index in [0.29, 0.717) is 33.1 Å². The number of hydrogen-bond donors (Lipinski definition) is 2. The van der Waals surface area contributed by atoms with Crippen molar-refractivity contribution in [2.24, 2.45) is 0 Å². The minimum Gasteiger partial charge on any atom is -0.312 e. The average Bonchev–Trinajstić information content (AvgIpc) is 3.22. The first-order valence-corrected chi connectivity index (χ1v) is 9.12. The highest BCUT2D eigenvalue weighted by atomic mass is 35.5. The van der Waals surface area contributed by atoms with E-state index in [4.69, 9.17) is 34.8 Å². The number of aromatic nitrogens is 4. The first kappa shape index (κ1) is 16.7. The number of imidazole rings is 1.